The van der Waals surface area contributed by atoms with Gasteiger partial charge in [-0.15, -0.1) is 0 Å². The summed E-state index contributed by atoms with van der Waals surface area (Å²) in [6.07, 6.45) is 0. The van der Waals surface area contributed by atoms with Crippen LogP contribution in [0.4, 0.5) is 4.39 Å². The van der Waals surface area contributed by atoms with Crippen molar-refractivity contribution in [3.8, 4) is 0 Å². The lowest BCUT2D eigenvalue weighted by molar-refractivity contribution is -0.157. The van der Waals surface area contributed by atoms with Crippen molar-refractivity contribution < 1.29 is 18.8 Å². The van der Waals surface area contributed by atoms with Gasteiger partial charge in [0.2, 0.25) is 5.91 Å². The number of carbonyl (C=O) groups excluding carboxylic acids is 3. The van der Waals surface area contributed by atoms with Gasteiger partial charge in [-0.05, 0) is 31.5 Å². The molecular formula is C16H20FN3O3. The fraction of sp³-hybridized carbons (Fsp3) is 0.438. The van der Waals surface area contributed by atoms with E-state index < -0.39 is 11.8 Å². The Morgan fingerprint density at radius 1 is 1.13 bits per heavy atom. The van der Waals surface area contributed by atoms with Gasteiger partial charge in [0.05, 0.1) is 0 Å². The van der Waals surface area contributed by atoms with Crippen LogP contribution in [0.3, 0.4) is 0 Å². The molecule has 0 aromatic heterocycles. The van der Waals surface area contributed by atoms with Gasteiger partial charge >= 0.3 is 11.8 Å². The molecule has 0 atom stereocenters. The highest BCUT2D eigenvalue weighted by molar-refractivity contribution is 6.35. The quantitative estimate of drug-likeness (QED) is 0.804. The third-order valence-electron chi connectivity index (χ3n) is 3.47. The van der Waals surface area contributed by atoms with E-state index >= 15 is 0 Å². The maximum atomic E-state index is 12.9. The minimum absolute atomic E-state index is 0.0203. The van der Waals surface area contributed by atoms with E-state index in [9.17, 15) is 18.8 Å². The van der Waals surface area contributed by atoms with Crippen LogP contribution >= 0.6 is 0 Å². The average Bonchev–Trinajstić information content (AvgIpc) is 2.48. The molecule has 1 aliphatic rings. The first-order valence-electron chi connectivity index (χ1n) is 7.49. The Kier molecular flexibility index (Phi) is 5.31. The number of piperazine rings is 1. The Morgan fingerprint density at radius 2 is 1.70 bits per heavy atom. The number of benzene rings is 1. The summed E-state index contributed by atoms with van der Waals surface area (Å²) >= 11 is 0. The molecule has 0 spiro atoms. The van der Waals surface area contributed by atoms with Gasteiger partial charge in [-0.25, -0.2) is 4.39 Å². The Morgan fingerprint density at radius 3 is 2.30 bits per heavy atom. The predicted octanol–water partition coefficient (Wildman–Crippen LogP) is 0.521. The summed E-state index contributed by atoms with van der Waals surface area (Å²) in [6, 6.07) is 5.76. The zero-order chi connectivity index (χ0) is 17.0. The van der Waals surface area contributed by atoms with Crippen LogP contribution in [0.15, 0.2) is 24.3 Å². The summed E-state index contributed by atoms with van der Waals surface area (Å²) < 4.78 is 12.9. The Labute approximate surface area is 134 Å². The minimum atomic E-state index is -0.683. The predicted molar refractivity (Wildman–Crippen MR) is 81.7 cm³/mol. The van der Waals surface area contributed by atoms with Gasteiger partial charge in [0.1, 0.15) is 12.4 Å². The zero-order valence-corrected chi connectivity index (χ0v) is 13.2. The average molecular weight is 321 g/mol. The Bertz CT molecular complexity index is 601. The van der Waals surface area contributed by atoms with Crippen LogP contribution in [-0.2, 0) is 20.9 Å². The van der Waals surface area contributed by atoms with Crippen molar-refractivity contribution in [1.82, 2.24) is 15.1 Å². The van der Waals surface area contributed by atoms with E-state index in [2.05, 4.69) is 5.32 Å². The molecule has 0 aliphatic carbocycles. The monoisotopic (exact) mass is 321 g/mol. The molecule has 1 saturated heterocycles. The van der Waals surface area contributed by atoms with Crippen LogP contribution < -0.4 is 5.32 Å². The number of nitrogens with zero attached hydrogens (tertiary/aromatic N) is 2. The van der Waals surface area contributed by atoms with Crippen molar-refractivity contribution in [3.05, 3.63) is 35.6 Å². The van der Waals surface area contributed by atoms with E-state index in [-0.39, 0.29) is 30.9 Å². The molecule has 23 heavy (non-hydrogen) atoms. The van der Waals surface area contributed by atoms with Crippen molar-refractivity contribution in [2.75, 3.05) is 19.6 Å². The molecule has 7 heteroatoms. The van der Waals surface area contributed by atoms with E-state index in [1.165, 1.54) is 21.9 Å². The summed E-state index contributed by atoms with van der Waals surface area (Å²) in [7, 11) is 0. The molecule has 6 nitrogen and oxygen atoms in total. The third-order valence-corrected chi connectivity index (χ3v) is 3.47. The molecule has 1 fully saturated rings. The molecule has 1 aromatic rings. The molecule has 1 heterocycles. The molecule has 1 aliphatic heterocycles. The third kappa shape index (κ3) is 4.51. The summed E-state index contributed by atoms with van der Waals surface area (Å²) in [5, 5.41) is 2.69. The molecule has 0 bridgehead atoms. The molecule has 0 saturated carbocycles. The number of nitrogens with one attached hydrogen (secondary N) is 1. The first-order valence-corrected chi connectivity index (χ1v) is 7.49. The Balaban J connectivity index is 1.94. The topological polar surface area (TPSA) is 69.7 Å². The fourth-order valence-corrected chi connectivity index (χ4v) is 2.37. The summed E-state index contributed by atoms with van der Waals surface area (Å²) in [6.45, 7) is 4.43. The second-order valence-electron chi connectivity index (χ2n) is 5.80. The number of hydrogen-bond donors (Lipinski definition) is 1. The molecule has 1 N–H and O–H groups in total. The lowest BCUT2D eigenvalue weighted by Crippen LogP contribution is -2.56. The van der Waals surface area contributed by atoms with E-state index in [1.807, 2.05) is 13.8 Å². The molecule has 124 valence electrons. The first-order chi connectivity index (χ1) is 10.9. The highest BCUT2D eigenvalue weighted by Crippen LogP contribution is 2.11. The van der Waals surface area contributed by atoms with Gasteiger partial charge in [-0.3, -0.25) is 14.4 Å². The second kappa shape index (κ2) is 7.21. The van der Waals surface area contributed by atoms with Crippen molar-refractivity contribution >= 4 is 17.7 Å². The maximum Gasteiger partial charge on any atom is 0.312 e. The van der Waals surface area contributed by atoms with E-state index in [0.717, 1.165) is 5.56 Å². The largest absolute Gasteiger partial charge is 0.352 e. The number of rotatable bonds is 5. The summed E-state index contributed by atoms with van der Waals surface area (Å²) in [5.74, 6) is -1.96. The van der Waals surface area contributed by atoms with Gasteiger partial charge in [0.15, 0.2) is 0 Å². The Hall–Kier alpha value is -2.44. The van der Waals surface area contributed by atoms with Crippen LogP contribution in [0.25, 0.3) is 0 Å². The molecular weight excluding hydrogens is 301 g/mol. The normalized spacial score (nSPS) is 15.3. The summed E-state index contributed by atoms with van der Waals surface area (Å²) in [5.41, 5.74) is 0.749. The lowest BCUT2D eigenvalue weighted by atomic mass is 10.2. The van der Waals surface area contributed by atoms with Crippen molar-refractivity contribution in [3.63, 3.8) is 0 Å². The maximum absolute atomic E-state index is 12.9. The zero-order valence-electron chi connectivity index (χ0n) is 13.2. The van der Waals surface area contributed by atoms with E-state index in [4.69, 9.17) is 0 Å². The molecule has 0 radical (unpaired) electrons. The van der Waals surface area contributed by atoms with Crippen molar-refractivity contribution in [2.45, 2.75) is 26.4 Å². The van der Waals surface area contributed by atoms with Crippen LogP contribution in [0.5, 0.6) is 0 Å². The van der Waals surface area contributed by atoms with Gasteiger partial charge in [-0.2, -0.15) is 0 Å². The molecule has 2 rings (SSSR count). The first kappa shape index (κ1) is 16.9. The number of carbonyl (C=O) groups is 3. The summed E-state index contributed by atoms with van der Waals surface area (Å²) in [4.78, 5) is 38.6. The number of halogens is 1. The van der Waals surface area contributed by atoms with Crippen molar-refractivity contribution in [2.24, 2.45) is 0 Å². The molecule has 1 aromatic carbocycles. The minimum Gasteiger partial charge on any atom is -0.352 e. The van der Waals surface area contributed by atoms with Gasteiger partial charge in [0.25, 0.3) is 0 Å². The standard InChI is InChI=1S/C16H20FN3O3/c1-11(2)18-14(21)10-20-8-7-19(15(22)16(20)23)9-12-3-5-13(17)6-4-12/h3-6,11H,7-10H2,1-2H3,(H,18,21). The van der Waals surface area contributed by atoms with Gasteiger partial charge < -0.3 is 15.1 Å². The van der Waals surface area contributed by atoms with E-state index in [0.29, 0.717) is 13.1 Å². The van der Waals surface area contributed by atoms with Crippen LogP contribution in [0, 0.1) is 5.82 Å². The number of hydrogen-bond acceptors (Lipinski definition) is 3. The molecule has 0 unspecified atom stereocenters. The smallest absolute Gasteiger partial charge is 0.312 e. The van der Waals surface area contributed by atoms with Crippen LogP contribution in [0.2, 0.25) is 0 Å². The molecule has 3 amide bonds. The second-order valence-corrected chi connectivity index (χ2v) is 5.80. The van der Waals surface area contributed by atoms with Crippen LogP contribution in [0.1, 0.15) is 19.4 Å². The van der Waals surface area contributed by atoms with Gasteiger partial charge in [0, 0.05) is 25.7 Å². The van der Waals surface area contributed by atoms with E-state index in [1.54, 1.807) is 12.1 Å². The van der Waals surface area contributed by atoms with Crippen LogP contribution in [-0.4, -0.2) is 53.2 Å². The lowest BCUT2D eigenvalue weighted by Gasteiger charge is -2.33. The van der Waals surface area contributed by atoms with Crippen molar-refractivity contribution in [1.29, 1.82) is 0 Å². The number of amides is 3. The highest BCUT2D eigenvalue weighted by Gasteiger charge is 2.33. The SMILES string of the molecule is CC(C)NC(=O)CN1CCN(Cc2ccc(F)cc2)C(=O)C1=O. The fourth-order valence-electron chi connectivity index (χ4n) is 2.37. The highest BCUT2D eigenvalue weighted by atomic mass is 19.1. The van der Waals surface area contributed by atoms with Gasteiger partial charge in [-0.1, -0.05) is 12.1 Å².